The monoisotopic (exact) mass is 929 g/mol. The normalized spacial score (nSPS) is 13.7. The summed E-state index contributed by atoms with van der Waals surface area (Å²) in [5.74, 6) is -8.58. The van der Waals surface area contributed by atoms with Crippen molar-refractivity contribution in [3.8, 4) is 0 Å². The molecule has 1 aromatic carbocycles. The first kappa shape index (κ1) is 59.1. The van der Waals surface area contributed by atoms with Gasteiger partial charge in [0.25, 0.3) is 0 Å². The molecule has 0 fully saturated rings. The molecular weight excluding hydrogens is 866 g/mol. The summed E-state index contributed by atoms with van der Waals surface area (Å²) in [5.41, 5.74) is 2.68. The molecule has 0 amide bonds. The summed E-state index contributed by atoms with van der Waals surface area (Å²) in [6, 6.07) is 9.10. The van der Waals surface area contributed by atoms with Gasteiger partial charge >= 0.3 is 35.8 Å². The number of carboxylic acid groups (broad SMARTS) is 6. The Morgan fingerprint density at radius 1 is 0.554 bits per heavy atom. The van der Waals surface area contributed by atoms with Crippen LogP contribution in [0.1, 0.15) is 62.3 Å². The Bertz CT molecular complexity index is 1700. The van der Waals surface area contributed by atoms with Gasteiger partial charge in [0, 0.05) is 44.9 Å². The second-order valence-corrected chi connectivity index (χ2v) is 14.4. The maximum Gasteiger partial charge on any atom is 0.335 e. The lowest BCUT2D eigenvalue weighted by Gasteiger charge is -2.22. The van der Waals surface area contributed by atoms with E-state index in [1.54, 1.807) is 0 Å². The van der Waals surface area contributed by atoms with Crippen LogP contribution < -0.4 is 0 Å². The largest absolute Gasteiger partial charge is 0.479 e. The molecular formula is C40H63N7O18. The first-order valence-corrected chi connectivity index (χ1v) is 20.1. The van der Waals surface area contributed by atoms with Gasteiger partial charge in [0.05, 0.1) is 13.1 Å². The first-order chi connectivity index (χ1) is 30.5. The molecule has 0 aliphatic carbocycles. The summed E-state index contributed by atoms with van der Waals surface area (Å²) in [6.45, 7) is 12.8. The number of aromatic nitrogens is 4. The summed E-state index contributed by atoms with van der Waals surface area (Å²) in [4.78, 5) is 78.2. The molecule has 6 atom stereocenters. The van der Waals surface area contributed by atoms with Crippen LogP contribution >= 0.6 is 0 Å². The third kappa shape index (κ3) is 24.7. The molecule has 3 rings (SSSR count). The Balaban J connectivity index is 0.00000110. The second kappa shape index (κ2) is 31.9. The van der Waals surface area contributed by atoms with Crippen LogP contribution in [0.5, 0.6) is 0 Å². The number of H-pyrrole nitrogens is 1. The molecule has 3 aromatic rings. The molecule has 366 valence electrons. The van der Waals surface area contributed by atoms with E-state index in [0.29, 0.717) is 0 Å². The van der Waals surface area contributed by atoms with Gasteiger partial charge in [-0.3, -0.25) is 4.90 Å². The van der Waals surface area contributed by atoms with Gasteiger partial charge in [0.2, 0.25) is 0 Å². The summed E-state index contributed by atoms with van der Waals surface area (Å²) in [6.07, 6.45) is -1.01. The molecule has 0 aliphatic heterocycles. The van der Waals surface area contributed by atoms with Crippen molar-refractivity contribution in [3.05, 3.63) is 71.8 Å². The Labute approximate surface area is 374 Å². The van der Waals surface area contributed by atoms with Gasteiger partial charge in [-0.15, -0.1) is 0 Å². The smallest absolute Gasteiger partial charge is 0.335 e. The maximum atomic E-state index is 9.77. The van der Waals surface area contributed by atoms with Crippen molar-refractivity contribution in [3.63, 3.8) is 0 Å². The third-order valence-electron chi connectivity index (χ3n) is 8.86. The molecule has 6 unspecified atom stereocenters. The number of nitrogens with one attached hydrogen (secondary N) is 1. The van der Waals surface area contributed by atoms with Crippen molar-refractivity contribution < 1.29 is 90.0 Å². The lowest BCUT2D eigenvalue weighted by Crippen LogP contribution is -2.39. The van der Waals surface area contributed by atoms with Crippen molar-refractivity contribution in [2.24, 2.45) is 7.05 Å². The highest BCUT2D eigenvalue weighted by Gasteiger charge is 2.31. The lowest BCUT2D eigenvalue weighted by molar-refractivity contribution is -0.165. The highest BCUT2D eigenvalue weighted by molar-refractivity contribution is 5.84. The number of nitrogens with zero attached hydrogens (tertiary/aromatic N) is 6. The molecule has 0 spiro atoms. The van der Waals surface area contributed by atoms with Crippen LogP contribution in [0.3, 0.4) is 0 Å². The van der Waals surface area contributed by atoms with E-state index in [4.69, 9.17) is 61.3 Å². The van der Waals surface area contributed by atoms with E-state index in [2.05, 4.69) is 79.4 Å². The summed E-state index contributed by atoms with van der Waals surface area (Å²) in [5, 5.41) is 97.6. The zero-order chi connectivity index (χ0) is 49.8. The van der Waals surface area contributed by atoms with Crippen LogP contribution in [0, 0.1) is 0 Å². The number of aliphatic hydroxyl groups excluding tert-OH is 6. The number of aliphatic carboxylic acids is 6. The number of unbranched alkanes of at least 4 members (excludes halogenated alkanes) is 1. The third-order valence-corrected chi connectivity index (χ3v) is 8.86. The standard InChI is InChI=1S/C28H45N7.3C4H6O6/c1-5-16-34(17-6-2)19-8-7-18-32(3)21-25-9-11-26(12-10-25)22-35(23-27-29-13-14-30-27)24-28-31-15-20-33(28)4;3*5-1(3(7)8)2(6)4(9)10/h9-15,20H,5-8,16-19,21-24H2,1-4H3,(H,29,30);3*1-2,5-6H,(H,7,8)(H,9,10). The number of hydrogen-bond donors (Lipinski definition) is 13. The van der Waals surface area contributed by atoms with E-state index < -0.39 is 72.4 Å². The number of aliphatic hydroxyl groups is 6. The number of rotatable bonds is 26. The predicted molar refractivity (Wildman–Crippen MR) is 226 cm³/mol. The minimum atomic E-state index is -2.27. The zero-order valence-electron chi connectivity index (χ0n) is 36.6. The summed E-state index contributed by atoms with van der Waals surface area (Å²) >= 11 is 0. The molecule has 0 saturated carbocycles. The number of aryl methyl sites for hydroxylation is 1. The van der Waals surface area contributed by atoms with Crippen LogP contribution in [0.25, 0.3) is 0 Å². The van der Waals surface area contributed by atoms with Gasteiger partial charge < -0.3 is 80.6 Å². The summed E-state index contributed by atoms with van der Waals surface area (Å²) in [7, 11) is 4.28. The highest BCUT2D eigenvalue weighted by Crippen LogP contribution is 2.14. The molecule has 0 radical (unpaired) electrons. The summed E-state index contributed by atoms with van der Waals surface area (Å²) < 4.78 is 2.08. The second-order valence-electron chi connectivity index (χ2n) is 14.4. The van der Waals surface area contributed by atoms with Crippen LogP contribution in [-0.2, 0) is 62.0 Å². The van der Waals surface area contributed by atoms with E-state index in [1.165, 1.54) is 56.4 Å². The van der Waals surface area contributed by atoms with Crippen molar-refractivity contribution in [2.75, 3.05) is 33.2 Å². The van der Waals surface area contributed by atoms with E-state index in [9.17, 15) is 28.8 Å². The van der Waals surface area contributed by atoms with Crippen molar-refractivity contribution in [1.82, 2.24) is 34.2 Å². The molecule has 0 saturated heterocycles. The highest BCUT2D eigenvalue weighted by atomic mass is 16.5. The molecule has 2 aromatic heterocycles. The molecule has 13 N–H and O–H groups in total. The molecule has 65 heavy (non-hydrogen) atoms. The quantitative estimate of drug-likeness (QED) is 0.0400. The molecule has 0 bridgehead atoms. The number of benzene rings is 1. The predicted octanol–water partition coefficient (Wildman–Crippen LogP) is -1.69. The lowest BCUT2D eigenvalue weighted by atomic mass is 10.1. The topological polar surface area (TPSA) is 401 Å². The number of hydrogen-bond acceptors (Lipinski definition) is 17. The van der Waals surface area contributed by atoms with E-state index in [1.807, 2.05) is 31.8 Å². The van der Waals surface area contributed by atoms with Crippen molar-refractivity contribution in [1.29, 1.82) is 0 Å². The van der Waals surface area contributed by atoms with Gasteiger partial charge in [-0.05, 0) is 70.0 Å². The fraction of sp³-hybridized carbons (Fsp3) is 0.550. The van der Waals surface area contributed by atoms with E-state index in [-0.39, 0.29) is 0 Å². The Kier molecular flexibility index (Phi) is 29.0. The maximum absolute atomic E-state index is 9.77. The van der Waals surface area contributed by atoms with Gasteiger partial charge in [0.1, 0.15) is 11.6 Å². The van der Waals surface area contributed by atoms with E-state index >= 15 is 0 Å². The van der Waals surface area contributed by atoms with E-state index in [0.717, 1.165) is 44.4 Å². The SMILES string of the molecule is CCCN(CCC)CCCCN(C)Cc1ccc(CN(Cc2ncc[nH]2)Cc2nccn2C)cc1.O=C(O)C(O)C(O)C(=O)O.O=C(O)C(O)C(O)C(=O)O.O=C(O)C(O)C(O)C(=O)O. The Morgan fingerprint density at radius 2 is 0.954 bits per heavy atom. The van der Waals surface area contributed by atoms with Crippen LogP contribution in [-0.4, -0.2) is 201 Å². The zero-order valence-corrected chi connectivity index (χ0v) is 36.6. The fourth-order valence-electron chi connectivity index (χ4n) is 5.41. The minimum absolute atomic E-state index is 0.762. The average molecular weight is 930 g/mol. The van der Waals surface area contributed by atoms with Gasteiger partial charge in [-0.1, -0.05) is 38.1 Å². The van der Waals surface area contributed by atoms with Gasteiger partial charge in [-0.25, -0.2) is 38.7 Å². The molecule has 2 heterocycles. The molecule has 0 aliphatic rings. The number of aromatic amines is 1. The molecule has 25 nitrogen and oxygen atoms in total. The minimum Gasteiger partial charge on any atom is -0.479 e. The number of carbonyl (C=O) groups is 6. The number of imidazole rings is 2. The molecule has 25 heteroatoms. The first-order valence-electron chi connectivity index (χ1n) is 20.1. The Hall–Kier alpha value is -5.90. The van der Waals surface area contributed by atoms with Gasteiger partial charge in [0.15, 0.2) is 36.6 Å². The van der Waals surface area contributed by atoms with Crippen LogP contribution in [0.4, 0.5) is 0 Å². The fourth-order valence-corrected chi connectivity index (χ4v) is 5.41. The van der Waals surface area contributed by atoms with Crippen LogP contribution in [0.15, 0.2) is 49.1 Å². The Morgan fingerprint density at radius 3 is 1.29 bits per heavy atom. The average Bonchev–Trinajstić information content (AvgIpc) is 3.92. The van der Waals surface area contributed by atoms with Crippen LogP contribution in [0.2, 0.25) is 0 Å². The van der Waals surface area contributed by atoms with Crippen molar-refractivity contribution in [2.45, 2.75) is 102 Å². The number of carboxylic acids is 6. The van der Waals surface area contributed by atoms with Crippen molar-refractivity contribution >= 4 is 35.8 Å². The van der Waals surface area contributed by atoms with Gasteiger partial charge in [-0.2, -0.15) is 0 Å².